The molecule has 0 fully saturated rings. The van der Waals surface area contributed by atoms with E-state index in [9.17, 15) is 9.59 Å². The highest BCUT2D eigenvalue weighted by molar-refractivity contribution is 5.95. The van der Waals surface area contributed by atoms with Crippen molar-refractivity contribution in [2.75, 3.05) is 6.54 Å². The Bertz CT molecular complexity index is 695. The van der Waals surface area contributed by atoms with Gasteiger partial charge in [-0.3, -0.25) is 9.59 Å². The van der Waals surface area contributed by atoms with E-state index in [0.717, 1.165) is 37.1 Å². The minimum Gasteiger partial charge on any atom is -0.481 e. The molecule has 1 heterocycles. The molecule has 0 bridgehead atoms. The van der Waals surface area contributed by atoms with Crippen molar-refractivity contribution < 1.29 is 14.7 Å². The van der Waals surface area contributed by atoms with Crippen LogP contribution in [0.3, 0.4) is 0 Å². The van der Waals surface area contributed by atoms with Crippen molar-refractivity contribution in [3.63, 3.8) is 0 Å². The van der Waals surface area contributed by atoms with E-state index in [0.29, 0.717) is 18.5 Å². The van der Waals surface area contributed by atoms with E-state index in [4.69, 9.17) is 5.11 Å². The average molecular weight is 343 g/mol. The van der Waals surface area contributed by atoms with E-state index < -0.39 is 5.97 Å². The molecule has 2 rings (SSSR count). The van der Waals surface area contributed by atoms with Gasteiger partial charge in [0.15, 0.2) is 0 Å². The fourth-order valence-corrected chi connectivity index (χ4v) is 2.71. The van der Waals surface area contributed by atoms with Crippen LogP contribution in [0.5, 0.6) is 0 Å². The summed E-state index contributed by atoms with van der Waals surface area (Å²) in [6, 6.07) is 9.78. The molecule has 25 heavy (non-hydrogen) atoms. The Morgan fingerprint density at radius 3 is 2.60 bits per heavy atom. The number of carboxylic acid groups (broad SMARTS) is 1. The highest BCUT2D eigenvalue weighted by Gasteiger charge is 2.17. The van der Waals surface area contributed by atoms with Crippen LogP contribution in [-0.4, -0.2) is 33.3 Å². The summed E-state index contributed by atoms with van der Waals surface area (Å²) in [5, 5.41) is 15.9. The van der Waals surface area contributed by atoms with E-state index >= 15 is 0 Å². The normalized spacial score (nSPS) is 10.6. The van der Waals surface area contributed by atoms with Crippen molar-refractivity contribution in [1.82, 2.24) is 15.1 Å². The molecule has 0 aliphatic rings. The SMILES string of the molecule is CCCc1c(C(=O)NCCCCCC(=O)O)cnn1-c1ccccc1. The summed E-state index contributed by atoms with van der Waals surface area (Å²) in [5.74, 6) is -0.898. The van der Waals surface area contributed by atoms with Gasteiger partial charge in [-0.2, -0.15) is 5.10 Å². The molecule has 0 saturated carbocycles. The van der Waals surface area contributed by atoms with Crippen molar-refractivity contribution >= 4 is 11.9 Å². The molecule has 2 N–H and O–H groups in total. The molecule has 0 spiro atoms. The first kappa shape index (κ1) is 18.7. The first-order chi connectivity index (χ1) is 12.1. The minimum absolute atomic E-state index is 0.121. The van der Waals surface area contributed by atoms with Crippen molar-refractivity contribution in [3.8, 4) is 5.69 Å². The van der Waals surface area contributed by atoms with E-state index in [-0.39, 0.29) is 12.3 Å². The zero-order chi connectivity index (χ0) is 18.1. The van der Waals surface area contributed by atoms with Gasteiger partial charge in [0.1, 0.15) is 0 Å². The lowest BCUT2D eigenvalue weighted by Crippen LogP contribution is -2.25. The number of para-hydroxylation sites is 1. The van der Waals surface area contributed by atoms with Crippen LogP contribution in [0.25, 0.3) is 5.69 Å². The van der Waals surface area contributed by atoms with Crippen molar-refractivity contribution in [2.45, 2.75) is 45.4 Å². The second-order valence-corrected chi connectivity index (χ2v) is 5.96. The summed E-state index contributed by atoms with van der Waals surface area (Å²) in [6.07, 6.45) is 5.70. The maximum atomic E-state index is 12.5. The molecule has 0 atom stereocenters. The van der Waals surface area contributed by atoms with E-state index in [2.05, 4.69) is 17.3 Å². The van der Waals surface area contributed by atoms with E-state index in [1.54, 1.807) is 6.20 Å². The second kappa shape index (κ2) is 9.61. The van der Waals surface area contributed by atoms with Crippen LogP contribution in [0.1, 0.15) is 55.1 Å². The number of aliphatic carboxylic acids is 1. The lowest BCUT2D eigenvalue weighted by molar-refractivity contribution is -0.137. The number of benzene rings is 1. The lowest BCUT2D eigenvalue weighted by atomic mass is 10.1. The molecule has 6 nitrogen and oxygen atoms in total. The number of nitrogens with zero attached hydrogens (tertiary/aromatic N) is 2. The Balaban J connectivity index is 1.97. The van der Waals surface area contributed by atoms with E-state index in [1.165, 1.54) is 0 Å². The van der Waals surface area contributed by atoms with Crippen molar-refractivity contribution in [2.24, 2.45) is 0 Å². The van der Waals surface area contributed by atoms with Gasteiger partial charge in [0.25, 0.3) is 5.91 Å². The van der Waals surface area contributed by atoms with Crippen LogP contribution in [0.15, 0.2) is 36.5 Å². The molecule has 0 aliphatic carbocycles. The van der Waals surface area contributed by atoms with Gasteiger partial charge in [-0.05, 0) is 31.4 Å². The predicted octanol–water partition coefficient (Wildman–Crippen LogP) is 3.20. The third kappa shape index (κ3) is 5.45. The first-order valence-corrected chi connectivity index (χ1v) is 8.75. The molecule has 0 saturated heterocycles. The van der Waals surface area contributed by atoms with Gasteiger partial charge in [-0.25, -0.2) is 4.68 Å². The zero-order valence-corrected chi connectivity index (χ0v) is 14.6. The fourth-order valence-electron chi connectivity index (χ4n) is 2.71. The van der Waals surface area contributed by atoms with Crippen LogP contribution in [0.4, 0.5) is 0 Å². The smallest absolute Gasteiger partial charge is 0.303 e. The van der Waals surface area contributed by atoms with Crippen LogP contribution in [-0.2, 0) is 11.2 Å². The molecule has 2 aromatic rings. The topological polar surface area (TPSA) is 84.2 Å². The predicted molar refractivity (Wildman–Crippen MR) is 96.0 cm³/mol. The Morgan fingerprint density at radius 2 is 1.92 bits per heavy atom. The number of unbranched alkanes of at least 4 members (excludes halogenated alkanes) is 2. The maximum absolute atomic E-state index is 12.5. The van der Waals surface area contributed by atoms with Gasteiger partial charge in [0, 0.05) is 13.0 Å². The highest BCUT2D eigenvalue weighted by Crippen LogP contribution is 2.17. The summed E-state index contributed by atoms with van der Waals surface area (Å²) < 4.78 is 1.82. The Morgan fingerprint density at radius 1 is 1.16 bits per heavy atom. The zero-order valence-electron chi connectivity index (χ0n) is 14.6. The Kier molecular flexibility index (Phi) is 7.19. The van der Waals surface area contributed by atoms with Crippen LogP contribution >= 0.6 is 0 Å². The first-order valence-electron chi connectivity index (χ1n) is 8.75. The molecule has 0 unspecified atom stereocenters. The summed E-state index contributed by atoms with van der Waals surface area (Å²) in [4.78, 5) is 22.9. The second-order valence-electron chi connectivity index (χ2n) is 5.96. The maximum Gasteiger partial charge on any atom is 0.303 e. The number of carbonyl (C=O) groups is 2. The van der Waals surface area contributed by atoms with E-state index in [1.807, 2.05) is 35.0 Å². The van der Waals surface area contributed by atoms with Gasteiger partial charge < -0.3 is 10.4 Å². The number of amides is 1. The summed E-state index contributed by atoms with van der Waals surface area (Å²) in [7, 11) is 0. The molecule has 1 aromatic heterocycles. The molecular weight excluding hydrogens is 318 g/mol. The van der Waals surface area contributed by atoms with Crippen LogP contribution in [0.2, 0.25) is 0 Å². The Labute approximate surface area is 147 Å². The lowest BCUT2D eigenvalue weighted by Gasteiger charge is -2.09. The van der Waals surface area contributed by atoms with Gasteiger partial charge in [0.2, 0.25) is 0 Å². The third-order valence-corrected chi connectivity index (χ3v) is 3.95. The molecule has 1 amide bonds. The number of carbonyl (C=O) groups excluding carboxylic acids is 1. The van der Waals surface area contributed by atoms with Crippen molar-refractivity contribution in [1.29, 1.82) is 0 Å². The molecule has 1 aromatic carbocycles. The average Bonchev–Trinajstić information content (AvgIpc) is 3.02. The molecule has 0 radical (unpaired) electrons. The number of carboxylic acids is 1. The number of rotatable bonds is 10. The van der Waals surface area contributed by atoms with Crippen molar-refractivity contribution in [3.05, 3.63) is 47.8 Å². The monoisotopic (exact) mass is 343 g/mol. The summed E-state index contributed by atoms with van der Waals surface area (Å²) in [6.45, 7) is 2.62. The summed E-state index contributed by atoms with van der Waals surface area (Å²) >= 11 is 0. The molecular formula is C19H25N3O3. The molecule has 134 valence electrons. The number of aromatic nitrogens is 2. The number of nitrogens with one attached hydrogen (secondary N) is 1. The van der Waals surface area contributed by atoms with Crippen LogP contribution in [0, 0.1) is 0 Å². The fraction of sp³-hybridized carbons (Fsp3) is 0.421. The van der Waals surface area contributed by atoms with Gasteiger partial charge >= 0.3 is 5.97 Å². The third-order valence-electron chi connectivity index (χ3n) is 3.95. The highest BCUT2D eigenvalue weighted by atomic mass is 16.4. The number of hydrogen-bond acceptors (Lipinski definition) is 3. The van der Waals surface area contributed by atoms with Crippen LogP contribution < -0.4 is 5.32 Å². The molecule has 6 heteroatoms. The standard InChI is InChI=1S/C19H25N3O3/c1-2-9-17-16(14-21-22(17)15-10-5-3-6-11-15)19(25)20-13-8-4-7-12-18(23)24/h3,5-6,10-11,14H,2,4,7-9,12-13H2,1H3,(H,20,25)(H,23,24). The van der Waals surface area contributed by atoms with Gasteiger partial charge in [-0.1, -0.05) is 38.0 Å². The number of hydrogen-bond donors (Lipinski definition) is 2. The minimum atomic E-state index is -0.776. The quantitative estimate of drug-likeness (QED) is 0.649. The van der Waals surface area contributed by atoms with Gasteiger partial charge in [-0.15, -0.1) is 0 Å². The largest absolute Gasteiger partial charge is 0.481 e. The summed E-state index contributed by atoms with van der Waals surface area (Å²) in [5.41, 5.74) is 2.46. The molecule has 0 aliphatic heterocycles. The van der Waals surface area contributed by atoms with Gasteiger partial charge in [0.05, 0.1) is 23.1 Å². The Hall–Kier alpha value is -2.63.